The smallest absolute Gasteiger partial charge is 0.338 e. The molecule has 3 aromatic rings. The molecule has 3 heterocycles. The van der Waals surface area contributed by atoms with Crippen LogP contribution < -0.4 is 19.6 Å². The van der Waals surface area contributed by atoms with Gasteiger partial charge in [-0.2, -0.15) is 0 Å². The second-order valence-corrected chi connectivity index (χ2v) is 8.54. The Bertz CT molecular complexity index is 1370. The van der Waals surface area contributed by atoms with Gasteiger partial charge in [0, 0.05) is 11.8 Å². The van der Waals surface area contributed by atoms with Crippen LogP contribution >= 0.6 is 11.3 Å². The van der Waals surface area contributed by atoms with E-state index < -0.39 is 12.0 Å². The van der Waals surface area contributed by atoms with Crippen molar-refractivity contribution in [1.29, 1.82) is 0 Å². The van der Waals surface area contributed by atoms with Crippen LogP contribution in [0.2, 0.25) is 0 Å². The molecule has 7 nitrogen and oxygen atoms in total. The van der Waals surface area contributed by atoms with Gasteiger partial charge < -0.3 is 9.47 Å². The molecule has 0 saturated carbocycles. The number of methoxy groups -OCH3 is 1. The van der Waals surface area contributed by atoms with Crippen LogP contribution in [0.3, 0.4) is 0 Å². The zero-order valence-electron chi connectivity index (χ0n) is 18.2. The number of thiazole rings is 1. The van der Waals surface area contributed by atoms with Crippen LogP contribution in [0.15, 0.2) is 69.7 Å². The number of allylic oxidation sites excluding steroid dienone is 1. The number of pyridine rings is 1. The molecule has 2 aromatic heterocycles. The first-order valence-corrected chi connectivity index (χ1v) is 11.0. The summed E-state index contributed by atoms with van der Waals surface area (Å²) in [6, 6.07) is 12.2. The Morgan fingerprint density at radius 1 is 1.19 bits per heavy atom. The molecular weight excluding hydrogens is 426 g/mol. The van der Waals surface area contributed by atoms with Crippen molar-refractivity contribution in [2.75, 3.05) is 7.11 Å². The number of hydrogen-bond acceptors (Lipinski definition) is 7. The van der Waals surface area contributed by atoms with E-state index in [2.05, 4.69) is 9.98 Å². The molecule has 0 bridgehead atoms. The Morgan fingerprint density at radius 3 is 2.62 bits per heavy atom. The Balaban J connectivity index is 2.00. The van der Waals surface area contributed by atoms with Crippen molar-refractivity contribution in [1.82, 2.24) is 9.55 Å². The van der Waals surface area contributed by atoms with Crippen LogP contribution in [0.5, 0.6) is 5.75 Å². The summed E-state index contributed by atoms with van der Waals surface area (Å²) in [6.07, 6.45) is 3.32. The highest BCUT2D eigenvalue weighted by Crippen LogP contribution is 2.36. The molecule has 4 rings (SSSR count). The van der Waals surface area contributed by atoms with Gasteiger partial charge in [0.05, 0.1) is 34.7 Å². The van der Waals surface area contributed by atoms with E-state index >= 15 is 0 Å². The van der Waals surface area contributed by atoms with E-state index in [9.17, 15) is 9.59 Å². The average molecular weight is 450 g/mol. The normalized spacial score (nSPS) is 16.0. The van der Waals surface area contributed by atoms with E-state index in [0.717, 1.165) is 0 Å². The van der Waals surface area contributed by atoms with Crippen molar-refractivity contribution in [2.45, 2.75) is 32.9 Å². The summed E-state index contributed by atoms with van der Waals surface area (Å²) in [4.78, 5) is 35.7. The molecule has 0 amide bonds. The predicted octanol–water partition coefficient (Wildman–Crippen LogP) is 2.59. The number of rotatable bonds is 5. The summed E-state index contributed by atoms with van der Waals surface area (Å²) in [5, 5.41) is 0. The van der Waals surface area contributed by atoms with E-state index in [0.29, 0.717) is 37.6 Å². The number of aromatic nitrogens is 2. The summed E-state index contributed by atoms with van der Waals surface area (Å²) >= 11 is 1.26. The van der Waals surface area contributed by atoms with Gasteiger partial charge in [0.15, 0.2) is 4.80 Å². The van der Waals surface area contributed by atoms with Gasteiger partial charge in [-0.25, -0.2) is 9.79 Å². The van der Waals surface area contributed by atoms with Crippen LogP contribution in [0.1, 0.15) is 38.1 Å². The van der Waals surface area contributed by atoms with Gasteiger partial charge in [0.25, 0.3) is 5.56 Å². The van der Waals surface area contributed by atoms with Crippen LogP contribution in [-0.4, -0.2) is 28.7 Å². The largest absolute Gasteiger partial charge is 0.491 e. The first-order chi connectivity index (χ1) is 15.4. The average Bonchev–Trinajstić information content (AvgIpc) is 3.07. The molecule has 0 aliphatic carbocycles. The lowest BCUT2D eigenvalue weighted by atomic mass is 9.95. The molecular formula is C24H23N3O4S. The summed E-state index contributed by atoms with van der Waals surface area (Å²) in [5.41, 5.74) is 1.93. The molecule has 32 heavy (non-hydrogen) atoms. The Hall–Kier alpha value is -3.52. The lowest BCUT2D eigenvalue weighted by Gasteiger charge is -2.26. The number of carbonyl (C=O) groups is 1. The lowest BCUT2D eigenvalue weighted by Crippen LogP contribution is -2.40. The molecule has 1 aliphatic rings. The van der Waals surface area contributed by atoms with Crippen molar-refractivity contribution in [2.24, 2.45) is 4.99 Å². The zero-order chi connectivity index (χ0) is 22.8. The Labute approximate surface area is 189 Å². The predicted molar refractivity (Wildman–Crippen MR) is 122 cm³/mol. The SMILES string of the molecule is COC(=O)C1=C(C)N=c2s/c(=C\c3ccccn3)c(=O)n2C1c1ccccc1OC(C)C. The Morgan fingerprint density at radius 2 is 1.94 bits per heavy atom. The van der Waals surface area contributed by atoms with Gasteiger partial charge in [0.1, 0.15) is 11.8 Å². The second-order valence-electron chi connectivity index (χ2n) is 7.53. The maximum Gasteiger partial charge on any atom is 0.338 e. The third kappa shape index (κ3) is 4.01. The number of ether oxygens (including phenoxy) is 2. The molecule has 8 heteroatoms. The lowest BCUT2D eigenvalue weighted by molar-refractivity contribution is -0.136. The maximum atomic E-state index is 13.5. The summed E-state index contributed by atoms with van der Waals surface area (Å²) in [6.45, 7) is 5.61. The topological polar surface area (TPSA) is 82.8 Å². The first kappa shape index (κ1) is 21.7. The zero-order valence-corrected chi connectivity index (χ0v) is 19.1. The number of fused-ring (bicyclic) bond motifs is 1. The molecule has 0 radical (unpaired) electrons. The van der Waals surface area contributed by atoms with E-state index in [1.807, 2.05) is 56.3 Å². The minimum absolute atomic E-state index is 0.0807. The maximum absolute atomic E-state index is 13.5. The number of carbonyl (C=O) groups excluding carboxylic acids is 1. The number of esters is 1. The highest BCUT2D eigenvalue weighted by atomic mass is 32.1. The fraction of sp³-hybridized carbons (Fsp3) is 0.250. The van der Waals surface area contributed by atoms with E-state index in [4.69, 9.17) is 9.47 Å². The van der Waals surface area contributed by atoms with Crippen molar-refractivity contribution >= 4 is 23.4 Å². The van der Waals surface area contributed by atoms with Gasteiger partial charge >= 0.3 is 5.97 Å². The number of hydrogen-bond donors (Lipinski definition) is 0. The monoisotopic (exact) mass is 449 g/mol. The van der Waals surface area contributed by atoms with E-state index in [1.165, 1.54) is 18.4 Å². The molecule has 0 spiro atoms. The molecule has 1 aromatic carbocycles. The molecule has 0 fully saturated rings. The quantitative estimate of drug-likeness (QED) is 0.559. The molecule has 1 atom stereocenters. The minimum Gasteiger partial charge on any atom is -0.491 e. The fourth-order valence-corrected chi connectivity index (χ4v) is 4.68. The number of benzene rings is 1. The molecule has 1 aliphatic heterocycles. The van der Waals surface area contributed by atoms with Crippen molar-refractivity contribution in [3.8, 4) is 5.75 Å². The number of nitrogens with zero attached hydrogens (tertiary/aromatic N) is 3. The van der Waals surface area contributed by atoms with Crippen LogP contribution in [0.4, 0.5) is 0 Å². The molecule has 164 valence electrons. The minimum atomic E-state index is -0.723. The second kappa shape index (κ2) is 8.92. The molecule has 0 N–H and O–H groups in total. The van der Waals surface area contributed by atoms with Crippen molar-refractivity contribution < 1.29 is 14.3 Å². The van der Waals surface area contributed by atoms with Gasteiger partial charge in [-0.05, 0) is 45.0 Å². The summed E-state index contributed by atoms with van der Waals surface area (Å²) < 4.78 is 13.1. The third-order valence-corrected chi connectivity index (χ3v) is 5.95. The van der Waals surface area contributed by atoms with Gasteiger partial charge in [0.2, 0.25) is 0 Å². The Kier molecular flexibility index (Phi) is 6.05. The van der Waals surface area contributed by atoms with Crippen LogP contribution in [0.25, 0.3) is 6.08 Å². The van der Waals surface area contributed by atoms with Gasteiger partial charge in [-0.1, -0.05) is 35.6 Å². The summed E-state index contributed by atoms with van der Waals surface area (Å²) in [7, 11) is 1.32. The van der Waals surface area contributed by atoms with Crippen molar-refractivity contribution in [3.63, 3.8) is 0 Å². The van der Waals surface area contributed by atoms with Gasteiger partial charge in [-0.15, -0.1) is 0 Å². The van der Waals surface area contributed by atoms with Crippen LogP contribution in [0, 0.1) is 0 Å². The van der Waals surface area contributed by atoms with Crippen LogP contribution in [-0.2, 0) is 9.53 Å². The van der Waals surface area contributed by atoms with Gasteiger partial charge in [-0.3, -0.25) is 14.3 Å². The van der Waals surface area contributed by atoms with E-state index in [1.54, 1.807) is 23.8 Å². The first-order valence-electron chi connectivity index (χ1n) is 10.2. The standard InChI is InChI=1S/C24H23N3O4S/c1-14(2)31-18-11-6-5-10-17(18)21-20(23(29)30-4)15(3)26-24-27(21)22(28)19(32-24)13-16-9-7-8-12-25-16/h5-14,21H,1-4H3/b19-13-. The highest BCUT2D eigenvalue weighted by Gasteiger charge is 2.34. The fourth-order valence-electron chi connectivity index (χ4n) is 3.65. The molecule has 1 unspecified atom stereocenters. The summed E-state index contributed by atoms with van der Waals surface area (Å²) in [5.74, 6) is 0.0671. The number of para-hydroxylation sites is 1. The molecule has 0 saturated heterocycles. The van der Waals surface area contributed by atoms with Crippen molar-refractivity contribution in [3.05, 3.63) is 90.9 Å². The van der Waals surface area contributed by atoms with E-state index in [-0.39, 0.29) is 11.7 Å². The highest BCUT2D eigenvalue weighted by molar-refractivity contribution is 7.07. The third-order valence-electron chi connectivity index (χ3n) is 4.97.